The summed E-state index contributed by atoms with van der Waals surface area (Å²) in [5, 5.41) is 6.54. The first-order valence-corrected chi connectivity index (χ1v) is 9.29. The number of ether oxygens (including phenoxy) is 2. The number of amides is 1. The topological polar surface area (TPSA) is 59.6 Å². The summed E-state index contributed by atoms with van der Waals surface area (Å²) in [7, 11) is 1.90. The molecule has 0 radical (unpaired) electrons. The Balaban J connectivity index is 2.01. The molecule has 2 rings (SSSR count). The van der Waals surface area contributed by atoms with Gasteiger partial charge in [-0.05, 0) is 74.8 Å². The zero-order chi connectivity index (χ0) is 19.9. The standard InChI is InChI=1S/C21H27ClN2O3/c1-21(2,3)27-20(25)24-9-10-26-19-12-15(14-23-4)11-17(13-19)16-5-7-18(22)8-6-16/h5-8,11-13,23H,9-10,14H2,1-4H3,(H,24,25). The van der Waals surface area contributed by atoms with Crippen LogP contribution in [0.3, 0.4) is 0 Å². The molecule has 0 aliphatic carbocycles. The highest BCUT2D eigenvalue weighted by molar-refractivity contribution is 6.30. The first-order valence-electron chi connectivity index (χ1n) is 8.91. The molecule has 5 nitrogen and oxygen atoms in total. The van der Waals surface area contributed by atoms with Gasteiger partial charge in [-0.2, -0.15) is 0 Å². The highest BCUT2D eigenvalue weighted by Gasteiger charge is 2.15. The van der Waals surface area contributed by atoms with E-state index in [1.165, 1.54) is 0 Å². The van der Waals surface area contributed by atoms with E-state index in [1.807, 2.05) is 64.2 Å². The van der Waals surface area contributed by atoms with Gasteiger partial charge in [0.15, 0.2) is 0 Å². The first-order chi connectivity index (χ1) is 12.8. The van der Waals surface area contributed by atoms with Crippen LogP contribution in [0.25, 0.3) is 11.1 Å². The highest BCUT2D eigenvalue weighted by atomic mass is 35.5. The smallest absolute Gasteiger partial charge is 0.407 e. The molecule has 0 saturated carbocycles. The Bertz CT molecular complexity index is 755. The van der Waals surface area contributed by atoms with E-state index in [1.54, 1.807) is 0 Å². The molecule has 0 aliphatic heterocycles. The summed E-state index contributed by atoms with van der Waals surface area (Å²) in [6, 6.07) is 13.8. The van der Waals surface area contributed by atoms with Crippen LogP contribution in [0.15, 0.2) is 42.5 Å². The third-order valence-electron chi connectivity index (χ3n) is 3.56. The molecule has 27 heavy (non-hydrogen) atoms. The molecule has 0 saturated heterocycles. The van der Waals surface area contributed by atoms with Crippen molar-refractivity contribution in [2.45, 2.75) is 32.9 Å². The third kappa shape index (κ3) is 7.49. The zero-order valence-electron chi connectivity index (χ0n) is 16.3. The lowest BCUT2D eigenvalue weighted by molar-refractivity contribution is 0.0520. The van der Waals surface area contributed by atoms with E-state index in [-0.39, 0.29) is 0 Å². The minimum Gasteiger partial charge on any atom is -0.492 e. The van der Waals surface area contributed by atoms with Gasteiger partial charge in [-0.1, -0.05) is 23.7 Å². The largest absolute Gasteiger partial charge is 0.492 e. The summed E-state index contributed by atoms with van der Waals surface area (Å²) in [6.07, 6.45) is -0.447. The van der Waals surface area contributed by atoms with Crippen molar-refractivity contribution in [3.63, 3.8) is 0 Å². The fraction of sp³-hybridized carbons (Fsp3) is 0.381. The number of carbonyl (C=O) groups is 1. The summed E-state index contributed by atoms with van der Waals surface area (Å²) >= 11 is 5.98. The first kappa shape index (κ1) is 21.1. The van der Waals surface area contributed by atoms with Crippen LogP contribution in [0.1, 0.15) is 26.3 Å². The summed E-state index contributed by atoms with van der Waals surface area (Å²) in [6.45, 7) is 6.93. The Hall–Kier alpha value is -2.24. The summed E-state index contributed by atoms with van der Waals surface area (Å²) in [4.78, 5) is 11.7. The molecule has 0 aromatic heterocycles. The van der Waals surface area contributed by atoms with Gasteiger partial charge in [0.05, 0.1) is 6.54 Å². The van der Waals surface area contributed by atoms with E-state index in [2.05, 4.69) is 16.7 Å². The van der Waals surface area contributed by atoms with E-state index >= 15 is 0 Å². The predicted octanol–water partition coefficient (Wildman–Crippen LogP) is 4.63. The summed E-state index contributed by atoms with van der Waals surface area (Å²) in [5.74, 6) is 0.749. The van der Waals surface area contributed by atoms with Crippen LogP contribution in [0.4, 0.5) is 4.79 Å². The van der Waals surface area contributed by atoms with E-state index in [0.29, 0.717) is 18.2 Å². The average Bonchev–Trinajstić information content (AvgIpc) is 2.58. The molecule has 2 aromatic carbocycles. The molecule has 146 valence electrons. The second-order valence-electron chi connectivity index (χ2n) is 7.18. The SMILES string of the molecule is CNCc1cc(OCCNC(=O)OC(C)(C)C)cc(-c2ccc(Cl)cc2)c1. The molecule has 2 N–H and O–H groups in total. The third-order valence-corrected chi connectivity index (χ3v) is 3.82. The van der Waals surface area contributed by atoms with Gasteiger partial charge in [-0.25, -0.2) is 4.79 Å². The van der Waals surface area contributed by atoms with Crippen LogP contribution in [-0.4, -0.2) is 31.9 Å². The monoisotopic (exact) mass is 390 g/mol. The number of rotatable bonds is 7. The second kappa shape index (κ2) is 9.62. The fourth-order valence-corrected chi connectivity index (χ4v) is 2.62. The molecule has 6 heteroatoms. The van der Waals surface area contributed by atoms with Gasteiger partial charge in [-0.15, -0.1) is 0 Å². The highest BCUT2D eigenvalue weighted by Crippen LogP contribution is 2.27. The van der Waals surface area contributed by atoms with Gasteiger partial charge in [0.25, 0.3) is 0 Å². The Kier molecular flexibility index (Phi) is 7.51. The second-order valence-corrected chi connectivity index (χ2v) is 7.62. The lowest BCUT2D eigenvalue weighted by Gasteiger charge is -2.19. The fourth-order valence-electron chi connectivity index (χ4n) is 2.50. The maximum atomic E-state index is 11.7. The lowest BCUT2D eigenvalue weighted by atomic mass is 10.0. The van der Waals surface area contributed by atoms with Crippen molar-refractivity contribution < 1.29 is 14.3 Å². The molecule has 2 aromatic rings. The van der Waals surface area contributed by atoms with Crippen LogP contribution in [0.5, 0.6) is 5.75 Å². The number of nitrogens with one attached hydrogen (secondary N) is 2. The molecule has 0 spiro atoms. The van der Waals surface area contributed by atoms with Crippen molar-refractivity contribution in [1.29, 1.82) is 0 Å². The van der Waals surface area contributed by atoms with Gasteiger partial charge < -0.3 is 20.1 Å². The van der Waals surface area contributed by atoms with E-state index in [9.17, 15) is 4.79 Å². The van der Waals surface area contributed by atoms with Crippen molar-refractivity contribution >= 4 is 17.7 Å². The quantitative estimate of drug-likeness (QED) is 0.676. The van der Waals surface area contributed by atoms with Crippen LogP contribution in [0, 0.1) is 0 Å². The molecule has 0 bridgehead atoms. The predicted molar refractivity (Wildman–Crippen MR) is 109 cm³/mol. The van der Waals surface area contributed by atoms with Crippen molar-refractivity contribution in [2.75, 3.05) is 20.2 Å². The van der Waals surface area contributed by atoms with Crippen LogP contribution >= 0.6 is 11.6 Å². The summed E-state index contributed by atoms with van der Waals surface area (Å²) < 4.78 is 11.0. The van der Waals surface area contributed by atoms with Gasteiger partial charge in [-0.3, -0.25) is 0 Å². The van der Waals surface area contributed by atoms with Crippen molar-refractivity contribution in [2.24, 2.45) is 0 Å². The minimum atomic E-state index is -0.514. The normalized spacial score (nSPS) is 11.1. The Morgan fingerprint density at radius 3 is 2.41 bits per heavy atom. The number of halogens is 1. The minimum absolute atomic E-state index is 0.350. The number of carbonyl (C=O) groups excluding carboxylic acids is 1. The van der Waals surface area contributed by atoms with Crippen molar-refractivity contribution in [1.82, 2.24) is 10.6 Å². The maximum absolute atomic E-state index is 11.7. The Morgan fingerprint density at radius 2 is 1.78 bits per heavy atom. The molecule has 0 aliphatic rings. The van der Waals surface area contributed by atoms with Gasteiger partial charge in [0.1, 0.15) is 18.0 Å². The molecule has 0 atom stereocenters. The van der Waals surface area contributed by atoms with Crippen LogP contribution in [0.2, 0.25) is 5.02 Å². The number of alkyl carbamates (subject to hydrolysis) is 1. The van der Waals surface area contributed by atoms with E-state index < -0.39 is 11.7 Å². The van der Waals surface area contributed by atoms with Crippen molar-refractivity contribution in [3.05, 3.63) is 53.1 Å². The Labute approximate surface area is 166 Å². The van der Waals surface area contributed by atoms with Crippen LogP contribution in [-0.2, 0) is 11.3 Å². The van der Waals surface area contributed by atoms with E-state index in [0.717, 1.165) is 29.0 Å². The maximum Gasteiger partial charge on any atom is 0.407 e. The molecular formula is C21H27ClN2O3. The number of hydrogen-bond donors (Lipinski definition) is 2. The van der Waals surface area contributed by atoms with Crippen LogP contribution < -0.4 is 15.4 Å². The van der Waals surface area contributed by atoms with E-state index in [4.69, 9.17) is 21.1 Å². The molecule has 0 unspecified atom stereocenters. The van der Waals surface area contributed by atoms with Gasteiger partial charge in [0, 0.05) is 11.6 Å². The Morgan fingerprint density at radius 1 is 1.07 bits per heavy atom. The summed E-state index contributed by atoms with van der Waals surface area (Å²) in [5.41, 5.74) is 2.71. The number of hydrogen-bond acceptors (Lipinski definition) is 4. The molecule has 0 fully saturated rings. The molecule has 1 amide bonds. The lowest BCUT2D eigenvalue weighted by Crippen LogP contribution is -2.34. The average molecular weight is 391 g/mol. The zero-order valence-corrected chi connectivity index (χ0v) is 17.0. The van der Waals surface area contributed by atoms with Crippen molar-refractivity contribution in [3.8, 4) is 16.9 Å². The number of benzene rings is 2. The molecular weight excluding hydrogens is 364 g/mol. The van der Waals surface area contributed by atoms with Gasteiger partial charge >= 0.3 is 6.09 Å². The van der Waals surface area contributed by atoms with Gasteiger partial charge in [0.2, 0.25) is 0 Å². The molecule has 0 heterocycles.